The Morgan fingerprint density at radius 1 is 1.38 bits per heavy atom. The summed E-state index contributed by atoms with van der Waals surface area (Å²) < 4.78 is 28.4. The highest BCUT2D eigenvalue weighted by Crippen LogP contribution is 2.16. The van der Waals surface area contributed by atoms with E-state index in [1.54, 1.807) is 0 Å². The normalized spacial score (nSPS) is 12.0. The lowest BCUT2D eigenvalue weighted by Gasteiger charge is -2.14. The molecule has 5 nitrogen and oxygen atoms in total. The summed E-state index contributed by atoms with van der Waals surface area (Å²) in [5.41, 5.74) is 0.0656. The maximum Gasteiger partial charge on any atom is 0.387 e. The average molecular weight is 301 g/mol. The second kappa shape index (κ2) is 8.18. The molecule has 0 aliphatic carbocycles. The number of alkyl halides is 2. The van der Waals surface area contributed by atoms with Gasteiger partial charge in [0, 0.05) is 5.56 Å². The number of rotatable bonds is 8. The van der Waals surface area contributed by atoms with Crippen molar-refractivity contribution in [3.05, 3.63) is 29.8 Å². The molecule has 0 aromatic heterocycles. The molecule has 1 aromatic rings. The number of benzene rings is 1. The number of halogens is 2. The number of carbonyl (C=O) groups excluding carboxylic acids is 1. The zero-order valence-corrected chi connectivity index (χ0v) is 11.5. The SMILES string of the molecule is CCCCC(NC(=O)c1cccc(OC(F)F)c1)C(=O)O. The van der Waals surface area contributed by atoms with Crippen LogP contribution in [-0.4, -0.2) is 29.6 Å². The predicted octanol–water partition coefficient (Wildman–Crippen LogP) is 2.66. The molecular weight excluding hydrogens is 284 g/mol. The highest BCUT2D eigenvalue weighted by Gasteiger charge is 2.20. The van der Waals surface area contributed by atoms with Crippen LogP contribution in [0.25, 0.3) is 0 Å². The number of hydrogen-bond acceptors (Lipinski definition) is 3. The van der Waals surface area contributed by atoms with Gasteiger partial charge in [-0.15, -0.1) is 0 Å². The lowest BCUT2D eigenvalue weighted by atomic mass is 10.1. The molecule has 0 bridgehead atoms. The number of ether oxygens (including phenoxy) is 1. The molecule has 1 rings (SSSR count). The third-order valence-corrected chi connectivity index (χ3v) is 2.77. The summed E-state index contributed by atoms with van der Waals surface area (Å²) >= 11 is 0. The van der Waals surface area contributed by atoms with Crippen LogP contribution in [-0.2, 0) is 4.79 Å². The molecule has 0 spiro atoms. The van der Waals surface area contributed by atoms with E-state index in [-0.39, 0.29) is 11.3 Å². The molecule has 7 heteroatoms. The molecule has 0 radical (unpaired) electrons. The van der Waals surface area contributed by atoms with Crippen LogP contribution in [0.3, 0.4) is 0 Å². The Kier molecular flexibility index (Phi) is 6.58. The predicted molar refractivity (Wildman–Crippen MR) is 71.5 cm³/mol. The fourth-order valence-electron chi connectivity index (χ4n) is 1.72. The second-order valence-corrected chi connectivity index (χ2v) is 4.41. The monoisotopic (exact) mass is 301 g/mol. The van der Waals surface area contributed by atoms with E-state index in [9.17, 15) is 18.4 Å². The minimum absolute atomic E-state index is 0.0656. The summed E-state index contributed by atoms with van der Waals surface area (Å²) in [4.78, 5) is 23.0. The Labute approximate surface area is 120 Å². The van der Waals surface area contributed by atoms with Crippen molar-refractivity contribution in [1.82, 2.24) is 5.32 Å². The molecule has 0 fully saturated rings. The Balaban J connectivity index is 2.75. The smallest absolute Gasteiger partial charge is 0.387 e. The first-order valence-corrected chi connectivity index (χ1v) is 6.52. The first-order chi connectivity index (χ1) is 9.93. The molecule has 116 valence electrons. The van der Waals surface area contributed by atoms with Gasteiger partial charge in [-0.3, -0.25) is 4.79 Å². The van der Waals surface area contributed by atoms with Crippen molar-refractivity contribution in [2.75, 3.05) is 0 Å². The number of hydrogen-bond donors (Lipinski definition) is 2. The van der Waals surface area contributed by atoms with Crippen LogP contribution in [0.1, 0.15) is 36.5 Å². The molecule has 21 heavy (non-hydrogen) atoms. The lowest BCUT2D eigenvalue weighted by molar-refractivity contribution is -0.139. The highest BCUT2D eigenvalue weighted by atomic mass is 19.3. The Bertz CT molecular complexity index is 494. The number of amides is 1. The third-order valence-electron chi connectivity index (χ3n) is 2.77. The van der Waals surface area contributed by atoms with E-state index in [0.29, 0.717) is 12.8 Å². The molecule has 0 aliphatic rings. The van der Waals surface area contributed by atoms with E-state index < -0.39 is 24.5 Å². The van der Waals surface area contributed by atoms with E-state index in [0.717, 1.165) is 12.5 Å². The molecule has 1 amide bonds. The summed E-state index contributed by atoms with van der Waals surface area (Å²) in [5.74, 6) is -1.92. The van der Waals surface area contributed by atoms with Crippen molar-refractivity contribution in [2.45, 2.75) is 38.8 Å². The molecule has 0 aliphatic heterocycles. The molecule has 1 unspecified atom stereocenters. The molecular formula is C14H17F2NO4. The van der Waals surface area contributed by atoms with Gasteiger partial charge in [0.1, 0.15) is 11.8 Å². The minimum Gasteiger partial charge on any atom is -0.480 e. The van der Waals surface area contributed by atoms with Crippen molar-refractivity contribution in [3.63, 3.8) is 0 Å². The average Bonchev–Trinajstić information content (AvgIpc) is 2.42. The van der Waals surface area contributed by atoms with Gasteiger partial charge in [-0.2, -0.15) is 8.78 Å². The Hall–Kier alpha value is -2.18. The van der Waals surface area contributed by atoms with Crippen molar-refractivity contribution >= 4 is 11.9 Å². The van der Waals surface area contributed by atoms with Gasteiger partial charge in [-0.05, 0) is 24.6 Å². The number of unbranched alkanes of at least 4 members (excludes halogenated alkanes) is 1. The maximum atomic E-state index is 12.1. The Morgan fingerprint density at radius 2 is 2.10 bits per heavy atom. The summed E-state index contributed by atoms with van der Waals surface area (Å²) in [7, 11) is 0. The van der Waals surface area contributed by atoms with E-state index in [4.69, 9.17) is 5.11 Å². The van der Waals surface area contributed by atoms with E-state index in [1.807, 2.05) is 6.92 Å². The van der Waals surface area contributed by atoms with E-state index in [2.05, 4.69) is 10.1 Å². The van der Waals surface area contributed by atoms with Crippen LogP contribution in [0, 0.1) is 0 Å². The quantitative estimate of drug-likeness (QED) is 0.774. The summed E-state index contributed by atoms with van der Waals surface area (Å²) in [6.07, 6.45) is 1.77. The standard InChI is InChI=1S/C14H17F2NO4/c1-2-3-7-11(13(19)20)17-12(18)9-5-4-6-10(8-9)21-14(15)16/h4-6,8,11,14H,2-3,7H2,1H3,(H,17,18)(H,19,20). The van der Waals surface area contributed by atoms with E-state index >= 15 is 0 Å². The first-order valence-electron chi connectivity index (χ1n) is 6.52. The molecule has 0 saturated carbocycles. The molecule has 1 atom stereocenters. The highest BCUT2D eigenvalue weighted by molar-refractivity contribution is 5.96. The van der Waals surface area contributed by atoms with Gasteiger partial charge < -0.3 is 15.2 Å². The van der Waals surface area contributed by atoms with Crippen molar-refractivity contribution in [2.24, 2.45) is 0 Å². The van der Waals surface area contributed by atoms with Crippen LogP contribution >= 0.6 is 0 Å². The lowest BCUT2D eigenvalue weighted by Crippen LogP contribution is -2.40. The zero-order chi connectivity index (χ0) is 15.8. The molecule has 0 saturated heterocycles. The van der Waals surface area contributed by atoms with Gasteiger partial charge in [0.05, 0.1) is 0 Å². The fourth-order valence-corrected chi connectivity index (χ4v) is 1.72. The number of carboxylic acid groups (broad SMARTS) is 1. The number of carbonyl (C=O) groups is 2. The second-order valence-electron chi connectivity index (χ2n) is 4.41. The third kappa shape index (κ3) is 5.76. The van der Waals surface area contributed by atoms with Crippen molar-refractivity contribution in [3.8, 4) is 5.75 Å². The van der Waals surface area contributed by atoms with Gasteiger partial charge in [-0.25, -0.2) is 4.79 Å². The van der Waals surface area contributed by atoms with E-state index in [1.165, 1.54) is 18.2 Å². The summed E-state index contributed by atoms with van der Waals surface area (Å²) in [6, 6.07) is 4.20. The van der Waals surface area contributed by atoms with Crippen LogP contribution < -0.4 is 10.1 Å². The van der Waals surface area contributed by atoms with Gasteiger partial charge in [0.25, 0.3) is 5.91 Å². The number of carboxylic acids is 1. The topological polar surface area (TPSA) is 75.6 Å². The van der Waals surface area contributed by atoms with Crippen LogP contribution in [0.15, 0.2) is 24.3 Å². The molecule has 0 heterocycles. The number of nitrogens with one attached hydrogen (secondary N) is 1. The van der Waals surface area contributed by atoms with Gasteiger partial charge in [0.15, 0.2) is 0 Å². The van der Waals surface area contributed by atoms with Crippen LogP contribution in [0.5, 0.6) is 5.75 Å². The summed E-state index contributed by atoms with van der Waals surface area (Å²) in [5, 5.41) is 11.4. The molecule has 1 aromatic carbocycles. The van der Waals surface area contributed by atoms with Crippen molar-refractivity contribution in [1.29, 1.82) is 0 Å². The summed E-state index contributed by atoms with van der Waals surface area (Å²) in [6.45, 7) is -1.08. The largest absolute Gasteiger partial charge is 0.480 e. The minimum atomic E-state index is -2.99. The zero-order valence-electron chi connectivity index (χ0n) is 11.5. The number of aliphatic carboxylic acids is 1. The van der Waals surface area contributed by atoms with Gasteiger partial charge >= 0.3 is 12.6 Å². The molecule has 2 N–H and O–H groups in total. The first kappa shape index (κ1) is 16.9. The Morgan fingerprint density at radius 3 is 2.67 bits per heavy atom. The van der Waals surface area contributed by atoms with Crippen LogP contribution in [0.4, 0.5) is 8.78 Å². The fraction of sp³-hybridized carbons (Fsp3) is 0.429. The van der Waals surface area contributed by atoms with Gasteiger partial charge in [-0.1, -0.05) is 25.8 Å². The maximum absolute atomic E-state index is 12.1. The van der Waals surface area contributed by atoms with Crippen LogP contribution in [0.2, 0.25) is 0 Å². The van der Waals surface area contributed by atoms with Crippen molar-refractivity contribution < 1.29 is 28.2 Å². The van der Waals surface area contributed by atoms with Gasteiger partial charge in [0.2, 0.25) is 0 Å².